The number of carbonyl (C=O) groups excluding carboxylic acids is 1. The van der Waals surface area contributed by atoms with E-state index in [1.807, 2.05) is 0 Å². The molecule has 5 rings (SSSR count). The number of anilines is 1. The van der Waals surface area contributed by atoms with Crippen LogP contribution in [0.5, 0.6) is 11.5 Å². The van der Waals surface area contributed by atoms with E-state index in [1.54, 1.807) is 53.4 Å². The number of ether oxygens (including phenoxy) is 2. The van der Waals surface area contributed by atoms with Gasteiger partial charge in [-0.3, -0.25) is 4.79 Å². The number of nitrogens with one attached hydrogen (secondary N) is 1. The Kier molecular flexibility index (Phi) is 6.49. The molecule has 3 heterocycles. The number of carbonyl (C=O) groups is 1. The molecule has 1 saturated heterocycles. The third-order valence-electron chi connectivity index (χ3n) is 6.88. The minimum atomic E-state index is -4.51. The predicted octanol–water partition coefficient (Wildman–Crippen LogP) is 4.43. The standard InChI is InChI=1S/C26H27F3N4O4/c1-36-21-8-7-17(11-22(21)37-2)19-12-23(26(27,28)29)33-24(30-19)13-20(31-33)15-3-5-16(6-4-15)25(35)32-10-9-18(34)14-32/h3-8,11,13,18-19,23,30,34H,9-10,12,14H2,1-2H3. The molecule has 2 N–H and O–H groups in total. The predicted molar refractivity (Wildman–Crippen MR) is 130 cm³/mol. The topological polar surface area (TPSA) is 88.9 Å². The van der Waals surface area contributed by atoms with Gasteiger partial charge in [0.05, 0.1) is 32.1 Å². The van der Waals surface area contributed by atoms with Crippen molar-refractivity contribution in [1.29, 1.82) is 0 Å². The van der Waals surface area contributed by atoms with Gasteiger partial charge in [0.15, 0.2) is 17.5 Å². The Morgan fingerprint density at radius 1 is 1.08 bits per heavy atom. The Balaban J connectivity index is 1.43. The first kappa shape index (κ1) is 24.9. The summed E-state index contributed by atoms with van der Waals surface area (Å²) in [6, 6.07) is 10.8. The third kappa shape index (κ3) is 4.83. The van der Waals surface area contributed by atoms with Crippen molar-refractivity contribution in [3.8, 4) is 22.8 Å². The van der Waals surface area contributed by atoms with Crippen molar-refractivity contribution in [2.75, 3.05) is 32.6 Å². The number of methoxy groups -OCH3 is 2. The Morgan fingerprint density at radius 2 is 1.81 bits per heavy atom. The zero-order valence-electron chi connectivity index (χ0n) is 20.3. The summed E-state index contributed by atoms with van der Waals surface area (Å²) in [7, 11) is 2.97. The number of halogens is 3. The van der Waals surface area contributed by atoms with Crippen LogP contribution in [0.2, 0.25) is 0 Å². The highest BCUT2D eigenvalue weighted by atomic mass is 19.4. The van der Waals surface area contributed by atoms with Crippen LogP contribution in [0, 0.1) is 0 Å². The molecule has 2 aromatic carbocycles. The van der Waals surface area contributed by atoms with Crippen LogP contribution in [0.1, 0.15) is 40.8 Å². The molecular weight excluding hydrogens is 489 g/mol. The van der Waals surface area contributed by atoms with Crippen molar-refractivity contribution in [2.45, 2.75) is 37.2 Å². The minimum absolute atomic E-state index is 0.191. The Bertz CT molecular complexity index is 1290. The van der Waals surface area contributed by atoms with Crippen molar-refractivity contribution in [3.63, 3.8) is 0 Å². The summed E-state index contributed by atoms with van der Waals surface area (Å²) >= 11 is 0. The number of alkyl halides is 3. The Morgan fingerprint density at radius 3 is 2.43 bits per heavy atom. The lowest BCUT2D eigenvalue weighted by molar-refractivity contribution is -0.173. The van der Waals surface area contributed by atoms with Gasteiger partial charge in [0.2, 0.25) is 0 Å². The van der Waals surface area contributed by atoms with Gasteiger partial charge < -0.3 is 24.8 Å². The highest BCUT2D eigenvalue weighted by Gasteiger charge is 2.46. The molecule has 0 saturated carbocycles. The fourth-order valence-corrected chi connectivity index (χ4v) is 4.90. The average molecular weight is 517 g/mol. The maximum absolute atomic E-state index is 14.1. The highest BCUT2D eigenvalue weighted by molar-refractivity contribution is 5.94. The van der Waals surface area contributed by atoms with E-state index in [0.29, 0.717) is 53.4 Å². The molecule has 1 amide bonds. The highest BCUT2D eigenvalue weighted by Crippen LogP contribution is 2.45. The summed E-state index contributed by atoms with van der Waals surface area (Å²) in [6.45, 7) is 0.779. The lowest BCUT2D eigenvalue weighted by Gasteiger charge is -2.33. The molecule has 1 aromatic heterocycles. The second-order valence-corrected chi connectivity index (χ2v) is 9.23. The number of likely N-dealkylation sites (tertiary alicyclic amines) is 1. The molecule has 1 fully saturated rings. The van der Waals surface area contributed by atoms with Gasteiger partial charge in [-0.2, -0.15) is 18.3 Å². The van der Waals surface area contributed by atoms with E-state index in [4.69, 9.17) is 9.47 Å². The molecule has 0 aliphatic carbocycles. The summed E-state index contributed by atoms with van der Waals surface area (Å²) in [6.07, 6.45) is -4.73. The summed E-state index contributed by atoms with van der Waals surface area (Å²) in [5, 5.41) is 17.2. The molecule has 3 unspecified atom stereocenters. The summed E-state index contributed by atoms with van der Waals surface area (Å²) in [4.78, 5) is 14.2. The van der Waals surface area contributed by atoms with Gasteiger partial charge in [0.25, 0.3) is 5.91 Å². The largest absolute Gasteiger partial charge is 0.493 e. The minimum Gasteiger partial charge on any atom is -0.493 e. The van der Waals surface area contributed by atoms with Crippen LogP contribution in [0.3, 0.4) is 0 Å². The number of benzene rings is 2. The van der Waals surface area contributed by atoms with Crippen molar-refractivity contribution >= 4 is 11.7 Å². The normalized spacial score (nSPS) is 21.4. The number of rotatable bonds is 5. The first-order chi connectivity index (χ1) is 17.7. The van der Waals surface area contributed by atoms with E-state index < -0.39 is 24.4 Å². The second-order valence-electron chi connectivity index (χ2n) is 9.23. The van der Waals surface area contributed by atoms with E-state index in [2.05, 4.69) is 10.4 Å². The van der Waals surface area contributed by atoms with Crippen LogP contribution in [0.4, 0.5) is 19.0 Å². The van der Waals surface area contributed by atoms with E-state index in [1.165, 1.54) is 14.2 Å². The smallest absolute Gasteiger partial charge is 0.410 e. The maximum Gasteiger partial charge on any atom is 0.410 e. The summed E-state index contributed by atoms with van der Waals surface area (Å²) in [5.74, 6) is 0.978. The molecule has 8 nitrogen and oxygen atoms in total. The number of aromatic nitrogens is 2. The van der Waals surface area contributed by atoms with E-state index in [-0.39, 0.29) is 18.1 Å². The fraction of sp³-hybridized carbons (Fsp3) is 0.385. The molecule has 196 valence electrons. The Labute approximate surface area is 211 Å². The molecule has 37 heavy (non-hydrogen) atoms. The number of aliphatic hydroxyl groups excluding tert-OH is 1. The molecule has 0 bridgehead atoms. The van der Waals surface area contributed by atoms with E-state index in [0.717, 1.165) is 4.68 Å². The van der Waals surface area contributed by atoms with Crippen LogP contribution in [0.15, 0.2) is 48.5 Å². The van der Waals surface area contributed by atoms with Crippen molar-refractivity contribution in [2.24, 2.45) is 0 Å². The summed E-state index contributed by atoms with van der Waals surface area (Å²) < 4.78 is 53.9. The third-order valence-corrected chi connectivity index (χ3v) is 6.88. The number of hydrogen-bond donors (Lipinski definition) is 2. The van der Waals surface area contributed by atoms with Gasteiger partial charge >= 0.3 is 6.18 Å². The molecule has 0 spiro atoms. The zero-order valence-corrected chi connectivity index (χ0v) is 20.3. The first-order valence-electron chi connectivity index (χ1n) is 11.9. The van der Waals surface area contributed by atoms with Gasteiger partial charge in [-0.25, -0.2) is 4.68 Å². The average Bonchev–Trinajstić information content (AvgIpc) is 3.53. The second kappa shape index (κ2) is 9.62. The lowest BCUT2D eigenvalue weighted by atomic mass is 9.96. The SMILES string of the molecule is COc1ccc(C2CC(C(F)(F)F)n3nc(-c4ccc(C(=O)N5CCC(O)C5)cc4)cc3N2)cc1OC. The molecular formula is C26H27F3N4O4. The van der Waals surface area contributed by atoms with Crippen LogP contribution < -0.4 is 14.8 Å². The molecule has 0 radical (unpaired) electrons. The first-order valence-corrected chi connectivity index (χ1v) is 11.9. The summed E-state index contributed by atoms with van der Waals surface area (Å²) in [5.41, 5.74) is 2.03. The molecule has 11 heteroatoms. The van der Waals surface area contributed by atoms with Crippen LogP contribution in [-0.2, 0) is 0 Å². The van der Waals surface area contributed by atoms with Crippen LogP contribution in [-0.4, -0.2) is 65.3 Å². The fourth-order valence-electron chi connectivity index (χ4n) is 4.90. The number of nitrogens with zero attached hydrogens (tertiary/aromatic N) is 3. The Hall–Kier alpha value is -3.73. The van der Waals surface area contributed by atoms with Crippen LogP contribution >= 0.6 is 0 Å². The molecule has 2 aliphatic rings. The van der Waals surface area contributed by atoms with E-state index >= 15 is 0 Å². The lowest BCUT2D eigenvalue weighted by Crippen LogP contribution is -2.35. The van der Waals surface area contributed by atoms with Gasteiger partial charge in [0.1, 0.15) is 5.82 Å². The van der Waals surface area contributed by atoms with Gasteiger partial charge in [-0.05, 0) is 36.2 Å². The van der Waals surface area contributed by atoms with Crippen molar-refractivity contribution < 1.29 is 32.5 Å². The van der Waals surface area contributed by atoms with Crippen LogP contribution in [0.25, 0.3) is 11.3 Å². The number of fused-ring (bicyclic) bond motifs is 1. The number of aliphatic hydroxyl groups is 1. The molecule has 2 aliphatic heterocycles. The van der Waals surface area contributed by atoms with E-state index in [9.17, 15) is 23.1 Å². The number of β-amino-alcohol motifs (C(OH)–C–C–N with tert-alkyl or cyclic N) is 1. The maximum atomic E-state index is 14.1. The molecule has 3 aromatic rings. The van der Waals surface area contributed by atoms with Gasteiger partial charge in [-0.1, -0.05) is 18.2 Å². The monoisotopic (exact) mass is 516 g/mol. The van der Waals surface area contributed by atoms with Gasteiger partial charge in [0, 0.05) is 36.7 Å². The van der Waals surface area contributed by atoms with Crippen molar-refractivity contribution in [3.05, 3.63) is 59.7 Å². The van der Waals surface area contributed by atoms with Crippen molar-refractivity contribution in [1.82, 2.24) is 14.7 Å². The zero-order chi connectivity index (χ0) is 26.3. The van der Waals surface area contributed by atoms with Gasteiger partial charge in [-0.15, -0.1) is 0 Å². The molecule has 3 atom stereocenters. The number of hydrogen-bond acceptors (Lipinski definition) is 6. The quantitative estimate of drug-likeness (QED) is 0.522. The number of amides is 1.